The smallest absolute Gasteiger partial charge is 0.224 e. The summed E-state index contributed by atoms with van der Waals surface area (Å²) in [4.78, 5) is 12.3. The molecule has 3 nitrogen and oxygen atoms in total. The van der Waals surface area contributed by atoms with E-state index < -0.39 is 0 Å². The third kappa shape index (κ3) is 3.10. The average Bonchev–Trinajstić information content (AvgIpc) is 3.10. The quantitative estimate of drug-likeness (QED) is 0.889. The molecule has 1 saturated carbocycles. The Morgan fingerprint density at radius 1 is 1.26 bits per heavy atom. The van der Waals surface area contributed by atoms with Gasteiger partial charge in [-0.05, 0) is 49.4 Å². The SMILES string of the molecule is O=C(NC(c1ccc(Cl)cc1)C1CC1)C1CCNC1. The second-order valence-corrected chi connectivity index (χ2v) is 6.00. The van der Waals surface area contributed by atoms with Gasteiger partial charge in [0.05, 0.1) is 12.0 Å². The van der Waals surface area contributed by atoms with Gasteiger partial charge in [-0.3, -0.25) is 4.79 Å². The van der Waals surface area contributed by atoms with E-state index in [4.69, 9.17) is 11.6 Å². The molecule has 1 aromatic carbocycles. The van der Waals surface area contributed by atoms with Gasteiger partial charge in [0.15, 0.2) is 0 Å². The fourth-order valence-electron chi connectivity index (χ4n) is 2.72. The Kier molecular flexibility index (Phi) is 3.76. The molecule has 1 heterocycles. The fraction of sp³-hybridized carbons (Fsp3) is 0.533. The predicted molar refractivity (Wildman–Crippen MR) is 76.0 cm³/mol. The maximum absolute atomic E-state index is 12.3. The molecule has 2 aliphatic rings. The first-order valence-electron chi connectivity index (χ1n) is 7.00. The van der Waals surface area contributed by atoms with Crippen molar-refractivity contribution < 1.29 is 4.79 Å². The molecule has 1 aliphatic carbocycles. The van der Waals surface area contributed by atoms with Crippen LogP contribution in [0.25, 0.3) is 0 Å². The molecule has 1 saturated heterocycles. The van der Waals surface area contributed by atoms with Gasteiger partial charge in [0.25, 0.3) is 0 Å². The molecule has 2 unspecified atom stereocenters. The Bertz CT molecular complexity index is 450. The van der Waals surface area contributed by atoms with Crippen LogP contribution in [-0.4, -0.2) is 19.0 Å². The fourth-order valence-corrected chi connectivity index (χ4v) is 2.85. The first-order chi connectivity index (χ1) is 9.24. The normalized spacial score (nSPS) is 24.2. The number of rotatable bonds is 4. The first-order valence-corrected chi connectivity index (χ1v) is 7.38. The van der Waals surface area contributed by atoms with Crippen LogP contribution in [0.3, 0.4) is 0 Å². The highest BCUT2D eigenvalue weighted by molar-refractivity contribution is 6.30. The number of carbonyl (C=O) groups is 1. The summed E-state index contributed by atoms with van der Waals surface area (Å²) < 4.78 is 0. The third-order valence-corrected chi connectivity index (χ3v) is 4.30. The van der Waals surface area contributed by atoms with E-state index in [9.17, 15) is 4.79 Å². The zero-order valence-electron chi connectivity index (χ0n) is 10.9. The third-order valence-electron chi connectivity index (χ3n) is 4.05. The van der Waals surface area contributed by atoms with Crippen molar-refractivity contribution in [3.63, 3.8) is 0 Å². The minimum Gasteiger partial charge on any atom is -0.349 e. The zero-order valence-corrected chi connectivity index (χ0v) is 11.6. The highest BCUT2D eigenvalue weighted by Crippen LogP contribution is 2.41. The highest BCUT2D eigenvalue weighted by atomic mass is 35.5. The van der Waals surface area contributed by atoms with Crippen LogP contribution in [0, 0.1) is 11.8 Å². The lowest BCUT2D eigenvalue weighted by Gasteiger charge is -2.21. The van der Waals surface area contributed by atoms with Gasteiger partial charge >= 0.3 is 0 Å². The maximum atomic E-state index is 12.3. The largest absolute Gasteiger partial charge is 0.349 e. The number of amides is 1. The monoisotopic (exact) mass is 278 g/mol. The van der Waals surface area contributed by atoms with Crippen molar-refractivity contribution in [2.75, 3.05) is 13.1 Å². The van der Waals surface area contributed by atoms with Crippen molar-refractivity contribution in [2.24, 2.45) is 11.8 Å². The van der Waals surface area contributed by atoms with Crippen LogP contribution in [0.2, 0.25) is 5.02 Å². The van der Waals surface area contributed by atoms with Crippen molar-refractivity contribution in [3.8, 4) is 0 Å². The summed E-state index contributed by atoms with van der Waals surface area (Å²) >= 11 is 5.93. The Morgan fingerprint density at radius 3 is 2.58 bits per heavy atom. The second kappa shape index (κ2) is 5.51. The molecular formula is C15H19ClN2O. The van der Waals surface area contributed by atoms with E-state index in [-0.39, 0.29) is 17.9 Å². The van der Waals surface area contributed by atoms with Crippen LogP contribution in [0.1, 0.15) is 30.9 Å². The first kappa shape index (κ1) is 12.9. The zero-order chi connectivity index (χ0) is 13.2. The predicted octanol–water partition coefficient (Wildman–Crippen LogP) is 2.52. The molecule has 3 rings (SSSR count). The minimum atomic E-state index is 0.133. The lowest BCUT2D eigenvalue weighted by molar-refractivity contribution is -0.125. The lowest BCUT2D eigenvalue weighted by Crippen LogP contribution is -2.35. The van der Waals surface area contributed by atoms with Crippen LogP contribution < -0.4 is 10.6 Å². The van der Waals surface area contributed by atoms with Crippen LogP contribution in [0.5, 0.6) is 0 Å². The average molecular weight is 279 g/mol. The topological polar surface area (TPSA) is 41.1 Å². The summed E-state index contributed by atoms with van der Waals surface area (Å²) in [6, 6.07) is 8.01. The van der Waals surface area contributed by atoms with Crippen molar-refractivity contribution in [2.45, 2.75) is 25.3 Å². The molecule has 2 fully saturated rings. The number of benzene rings is 1. The molecule has 19 heavy (non-hydrogen) atoms. The van der Waals surface area contributed by atoms with Crippen LogP contribution in [0.4, 0.5) is 0 Å². The summed E-state index contributed by atoms with van der Waals surface area (Å²) in [5, 5.41) is 7.22. The van der Waals surface area contributed by atoms with E-state index in [1.165, 1.54) is 18.4 Å². The Morgan fingerprint density at radius 2 is 2.00 bits per heavy atom. The van der Waals surface area contributed by atoms with Crippen LogP contribution in [-0.2, 0) is 4.79 Å². The van der Waals surface area contributed by atoms with E-state index in [2.05, 4.69) is 10.6 Å². The number of carbonyl (C=O) groups excluding carboxylic acids is 1. The number of nitrogens with one attached hydrogen (secondary N) is 2. The van der Waals surface area contributed by atoms with Gasteiger partial charge in [0.2, 0.25) is 5.91 Å². The molecule has 0 bridgehead atoms. The molecule has 2 N–H and O–H groups in total. The number of hydrogen-bond acceptors (Lipinski definition) is 2. The molecule has 102 valence electrons. The van der Waals surface area contributed by atoms with Gasteiger partial charge in [-0.25, -0.2) is 0 Å². The van der Waals surface area contributed by atoms with E-state index in [1.807, 2.05) is 24.3 Å². The number of hydrogen-bond donors (Lipinski definition) is 2. The van der Waals surface area contributed by atoms with E-state index in [0.29, 0.717) is 5.92 Å². The van der Waals surface area contributed by atoms with Crippen molar-refractivity contribution in [3.05, 3.63) is 34.9 Å². The van der Waals surface area contributed by atoms with E-state index in [0.717, 1.165) is 24.5 Å². The standard InChI is InChI=1S/C15H19ClN2O/c16-13-5-3-11(4-6-13)14(10-1-2-10)18-15(19)12-7-8-17-9-12/h3-6,10,12,14,17H,1-2,7-9H2,(H,18,19). The van der Waals surface area contributed by atoms with E-state index in [1.54, 1.807) is 0 Å². The molecule has 1 amide bonds. The summed E-state index contributed by atoms with van der Waals surface area (Å²) in [6.45, 7) is 1.76. The van der Waals surface area contributed by atoms with Gasteiger partial charge in [0, 0.05) is 11.6 Å². The minimum absolute atomic E-state index is 0.133. The van der Waals surface area contributed by atoms with Crippen molar-refractivity contribution >= 4 is 17.5 Å². The Balaban J connectivity index is 1.70. The van der Waals surface area contributed by atoms with Crippen LogP contribution in [0.15, 0.2) is 24.3 Å². The molecule has 1 aliphatic heterocycles. The van der Waals surface area contributed by atoms with Gasteiger partial charge in [0.1, 0.15) is 0 Å². The molecule has 4 heteroatoms. The van der Waals surface area contributed by atoms with Crippen molar-refractivity contribution in [1.82, 2.24) is 10.6 Å². The van der Waals surface area contributed by atoms with Gasteiger partial charge < -0.3 is 10.6 Å². The molecule has 0 spiro atoms. The summed E-state index contributed by atoms with van der Waals surface area (Å²) in [5.74, 6) is 0.921. The number of halogens is 1. The van der Waals surface area contributed by atoms with Crippen molar-refractivity contribution in [1.29, 1.82) is 0 Å². The summed E-state index contributed by atoms with van der Waals surface area (Å²) in [7, 11) is 0. The van der Waals surface area contributed by atoms with Crippen LogP contribution >= 0.6 is 11.6 Å². The molecular weight excluding hydrogens is 260 g/mol. The van der Waals surface area contributed by atoms with Gasteiger partial charge in [-0.1, -0.05) is 23.7 Å². The molecule has 1 aromatic rings. The summed E-state index contributed by atoms with van der Waals surface area (Å²) in [5.41, 5.74) is 1.17. The van der Waals surface area contributed by atoms with Gasteiger partial charge in [-0.15, -0.1) is 0 Å². The highest BCUT2D eigenvalue weighted by Gasteiger charge is 2.35. The van der Waals surface area contributed by atoms with Gasteiger partial charge in [-0.2, -0.15) is 0 Å². The maximum Gasteiger partial charge on any atom is 0.224 e. The van der Waals surface area contributed by atoms with E-state index >= 15 is 0 Å². The molecule has 0 aromatic heterocycles. The lowest BCUT2D eigenvalue weighted by atomic mass is 10.0. The second-order valence-electron chi connectivity index (χ2n) is 5.56. The Labute approximate surface area is 118 Å². The summed E-state index contributed by atoms with van der Waals surface area (Å²) in [6.07, 6.45) is 3.36. The molecule has 2 atom stereocenters. The Hall–Kier alpha value is -1.06. The molecule has 0 radical (unpaired) electrons.